The van der Waals surface area contributed by atoms with E-state index in [4.69, 9.17) is 9.47 Å². The molecule has 248 valence electrons. The van der Waals surface area contributed by atoms with E-state index in [0.29, 0.717) is 12.2 Å². The van der Waals surface area contributed by atoms with Crippen LogP contribution in [-0.4, -0.2) is 65.2 Å². The van der Waals surface area contributed by atoms with Gasteiger partial charge >= 0.3 is 6.09 Å². The van der Waals surface area contributed by atoms with Crippen LogP contribution in [0.3, 0.4) is 0 Å². The summed E-state index contributed by atoms with van der Waals surface area (Å²) in [7, 11) is 0. The number of aliphatic hydroxyl groups excluding tert-OH is 1. The van der Waals surface area contributed by atoms with Gasteiger partial charge in [0.25, 0.3) is 0 Å². The highest BCUT2D eigenvalue weighted by molar-refractivity contribution is 5.71. The van der Waals surface area contributed by atoms with Crippen LogP contribution in [0, 0.1) is 23.4 Å². The molecule has 2 aliphatic rings. The van der Waals surface area contributed by atoms with Crippen LogP contribution in [0.4, 0.5) is 33.7 Å². The first-order chi connectivity index (χ1) is 21.7. The summed E-state index contributed by atoms with van der Waals surface area (Å²) < 4.78 is 71.4. The molecule has 3 atom stereocenters. The molecule has 5 rings (SSSR count). The van der Waals surface area contributed by atoms with Crippen molar-refractivity contribution in [2.45, 2.75) is 70.5 Å². The molecule has 0 saturated carbocycles. The normalized spacial score (nSPS) is 21.5. The highest BCUT2D eigenvalue weighted by atomic mass is 19.1. The highest BCUT2D eigenvalue weighted by Gasteiger charge is 2.37. The van der Waals surface area contributed by atoms with Crippen LogP contribution in [-0.2, 0) is 21.7 Å². The zero-order valence-corrected chi connectivity index (χ0v) is 26.2. The Morgan fingerprint density at radius 1 is 1.11 bits per heavy atom. The molecular weight excluding hydrogens is 606 g/mol. The lowest BCUT2D eigenvalue weighted by Gasteiger charge is -2.42. The number of halogens is 4. The Hall–Kier alpha value is -3.97. The second-order valence-electron chi connectivity index (χ2n) is 12.9. The highest BCUT2D eigenvalue weighted by Crippen LogP contribution is 2.39. The van der Waals surface area contributed by atoms with E-state index >= 15 is 13.2 Å². The number of aromatic nitrogens is 2. The topological polar surface area (TPSA) is 109 Å². The minimum atomic E-state index is -1.94. The second kappa shape index (κ2) is 13.4. The molecule has 3 N–H and O–H groups in total. The molecule has 3 aromatic rings. The Bertz CT molecular complexity index is 1540. The molecule has 0 radical (unpaired) electrons. The summed E-state index contributed by atoms with van der Waals surface area (Å²) in [5, 5.41) is 16.8. The first kappa shape index (κ1) is 33.4. The predicted octanol–water partition coefficient (Wildman–Crippen LogP) is 5.86. The average molecular weight is 646 g/mol. The van der Waals surface area contributed by atoms with Gasteiger partial charge in [-0.1, -0.05) is 6.92 Å². The number of aliphatic hydroxyl groups is 1. The van der Waals surface area contributed by atoms with Crippen molar-refractivity contribution in [1.82, 2.24) is 15.3 Å². The fourth-order valence-corrected chi connectivity index (χ4v) is 5.84. The lowest BCUT2D eigenvalue weighted by molar-refractivity contribution is -0.0117. The lowest BCUT2D eigenvalue weighted by Crippen LogP contribution is -2.59. The van der Waals surface area contributed by atoms with Crippen molar-refractivity contribution in [3.05, 3.63) is 71.4 Å². The Labute approximate surface area is 265 Å². The molecule has 4 heterocycles. The third-order valence-electron chi connectivity index (χ3n) is 8.21. The number of alkyl halides is 1. The molecule has 9 nitrogen and oxygen atoms in total. The molecule has 2 fully saturated rings. The number of carbonyl (C=O) groups excluding carboxylic acids is 1. The van der Waals surface area contributed by atoms with Gasteiger partial charge in [-0.25, -0.2) is 27.3 Å². The minimum Gasteiger partial charge on any atom is -0.444 e. The number of piperidine rings is 1. The molecule has 0 bridgehead atoms. The fraction of sp³-hybridized carbons (Fsp3) is 0.485. The van der Waals surface area contributed by atoms with Crippen molar-refractivity contribution in [3.8, 4) is 11.3 Å². The number of amides is 1. The second-order valence-corrected chi connectivity index (χ2v) is 12.9. The largest absolute Gasteiger partial charge is 0.444 e. The number of nitrogens with zero attached hydrogens (tertiary/aromatic N) is 3. The van der Waals surface area contributed by atoms with Gasteiger partial charge in [-0.3, -0.25) is 4.98 Å². The summed E-state index contributed by atoms with van der Waals surface area (Å²) in [6.07, 6.45) is 1.70. The molecule has 2 aromatic heterocycles. The monoisotopic (exact) mass is 645 g/mol. The molecule has 13 heteroatoms. The van der Waals surface area contributed by atoms with Crippen molar-refractivity contribution in [2.24, 2.45) is 5.92 Å². The van der Waals surface area contributed by atoms with Gasteiger partial charge in [-0.2, -0.15) is 0 Å². The van der Waals surface area contributed by atoms with Gasteiger partial charge in [0.2, 0.25) is 0 Å². The summed E-state index contributed by atoms with van der Waals surface area (Å²) in [6, 6.07) is 5.44. The van der Waals surface area contributed by atoms with Crippen LogP contribution in [0.5, 0.6) is 0 Å². The summed E-state index contributed by atoms with van der Waals surface area (Å²) in [5.74, 6) is -3.35. The number of benzene rings is 1. The molecule has 46 heavy (non-hydrogen) atoms. The van der Waals surface area contributed by atoms with Gasteiger partial charge in [-0.15, -0.1) is 0 Å². The molecular formula is C33H39F4N5O4. The number of hydrogen-bond donors (Lipinski definition) is 3. The number of ether oxygens (including phenoxy) is 2. The summed E-state index contributed by atoms with van der Waals surface area (Å²) in [6.45, 7) is 8.21. The fourth-order valence-electron chi connectivity index (χ4n) is 5.84. The van der Waals surface area contributed by atoms with E-state index < -0.39 is 58.2 Å². The van der Waals surface area contributed by atoms with Gasteiger partial charge < -0.3 is 30.1 Å². The zero-order chi connectivity index (χ0) is 33.2. The van der Waals surface area contributed by atoms with Crippen molar-refractivity contribution < 1.29 is 36.9 Å². The van der Waals surface area contributed by atoms with Gasteiger partial charge in [-0.05, 0) is 56.7 Å². The van der Waals surface area contributed by atoms with E-state index in [-0.39, 0.29) is 56.3 Å². The molecule has 0 unspecified atom stereocenters. The lowest BCUT2D eigenvalue weighted by atomic mass is 9.87. The van der Waals surface area contributed by atoms with E-state index in [9.17, 15) is 14.3 Å². The van der Waals surface area contributed by atoms with Gasteiger partial charge in [0.1, 0.15) is 34.4 Å². The molecule has 2 saturated heterocycles. The Morgan fingerprint density at radius 2 is 1.80 bits per heavy atom. The Kier molecular flexibility index (Phi) is 9.73. The van der Waals surface area contributed by atoms with Gasteiger partial charge in [0, 0.05) is 51.3 Å². The van der Waals surface area contributed by atoms with E-state index in [2.05, 4.69) is 20.6 Å². The van der Waals surface area contributed by atoms with Crippen molar-refractivity contribution in [1.29, 1.82) is 0 Å². The van der Waals surface area contributed by atoms with Crippen LogP contribution in [0.1, 0.15) is 51.8 Å². The van der Waals surface area contributed by atoms with Crippen molar-refractivity contribution >= 4 is 17.5 Å². The third kappa shape index (κ3) is 7.52. The first-order valence-electron chi connectivity index (χ1n) is 15.3. The van der Waals surface area contributed by atoms with E-state index in [1.54, 1.807) is 39.2 Å². The summed E-state index contributed by atoms with van der Waals surface area (Å²) in [4.78, 5) is 22.9. The van der Waals surface area contributed by atoms with Crippen LogP contribution in [0.2, 0.25) is 0 Å². The van der Waals surface area contributed by atoms with E-state index in [1.165, 1.54) is 6.07 Å². The predicted molar refractivity (Wildman–Crippen MR) is 164 cm³/mol. The molecule has 2 aliphatic heterocycles. The molecule has 1 aromatic carbocycles. The van der Waals surface area contributed by atoms with Gasteiger partial charge in [0.05, 0.1) is 47.5 Å². The minimum absolute atomic E-state index is 0.0346. The van der Waals surface area contributed by atoms with E-state index in [1.807, 2.05) is 11.8 Å². The summed E-state index contributed by atoms with van der Waals surface area (Å²) >= 11 is 0. The number of anilines is 2. The van der Waals surface area contributed by atoms with Crippen molar-refractivity contribution in [3.63, 3.8) is 0 Å². The molecule has 0 aliphatic carbocycles. The maximum Gasteiger partial charge on any atom is 0.408 e. The number of pyridine rings is 2. The number of rotatable bonds is 7. The smallest absolute Gasteiger partial charge is 0.408 e. The molecule has 0 spiro atoms. The van der Waals surface area contributed by atoms with Gasteiger partial charge in [0.15, 0.2) is 0 Å². The summed E-state index contributed by atoms with van der Waals surface area (Å²) in [5.41, 5.74) is -2.39. The van der Waals surface area contributed by atoms with Crippen LogP contribution < -0.4 is 15.5 Å². The van der Waals surface area contributed by atoms with Crippen LogP contribution >= 0.6 is 0 Å². The van der Waals surface area contributed by atoms with Crippen molar-refractivity contribution in [2.75, 3.05) is 36.5 Å². The SMILES string of the molecule is C[C@H]1CN(c2ccncc2NCc2ccc(F)c(-c3c(F)cc(C4(F)CCOCC4)cc3F)n2)C[C@@H](NC(=O)OC(C)(C)C)[C@@H]1O. The number of nitrogens with one attached hydrogen (secondary N) is 2. The maximum absolute atomic E-state index is 15.4. The zero-order valence-electron chi connectivity index (χ0n) is 26.2. The standard InChI is InChI=1S/C33H39F4N5O4/c1-19-17-42(18-26(30(19)43)41-31(44)46-32(2,3)4)27-7-10-38-16-25(27)39-15-21-5-6-22(34)29(40-21)28-23(35)13-20(14-24(28)36)33(37)8-11-45-12-9-33/h5-7,10,13-14,16,19,26,30,39,43H,8-9,11-12,15,17-18H2,1-4H3,(H,41,44)/t19-,26+,30+/m0/s1. The molecule has 1 amide bonds. The maximum atomic E-state index is 15.4. The number of hydrogen-bond acceptors (Lipinski definition) is 8. The Balaban J connectivity index is 1.34. The Morgan fingerprint density at radius 3 is 2.48 bits per heavy atom. The third-order valence-corrected chi connectivity index (χ3v) is 8.21. The van der Waals surface area contributed by atoms with Crippen LogP contribution in [0.15, 0.2) is 42.7 Å². The average Bonchev–Trinajstić information content (AvgIpc) is 2.99. The number of carbonyl (C=O) groups is 1. The quantitative estimate of drug-likeness (QED) is 0.275. The van der Waals surface area contributed by atoms with E-state index in [0.717, 1.165) is 23.9 Å². The first-order valence-corrected chi connectivity index (χ1v) is 15.3. The number of alkyl carbamates (subject to hydrolysis) is 1. The van der Waals surface area contributed by atoms with Crippen LogP contribution in [0.25, 0.3) is 11.3 Å².